The fourth-order valence-electron chi connectivity index (χ4n) is 3.78. The lowest BCUT2D eigenvalue weighted by atomic mass is 9.87. The van der Waals surface area contributed by atoms with E-state index < -0.39 is 15.6 Å². The molecule has 0 saturated carbocycles. The molecule has 0 aromatic heterocycles. The molecule has 28 heavy (non-hydrogen) atoms. The average Bonchev–Trinajstić information content (AvgIpc) is 3.04. The molecule has 1 spiro atoms. The summed E-state index contributed by atoms with van der Waals surface area (Å²) in [5.41, 5.74) is -0.890. The molecule has 1 aromatic carbocycles. The molecular weight excluding hydrogens is 380 g/mol. The molecule has 0 aliphatic carbocycles. The Hall–Kier alpha value is -1.64. The third kappa shape index (κ3) is 4.50. The molecule has 0 bridgehead atoms. The lowest BCUT2D eigenvalue weighted by Crippen LogP contribution is -2.48. The summed E-state index contributed by atoms with van der Waals surface area (Å²) in [4.78, 5) is 14.2. The molecule has 8 heteroatoms. The van der Waals surface area contributed by atoms with Crippen molar-refractivity contribution in [3.05, 3.63) is 30.3 Å². The number of hydrogen-bond donors (Lipinski definition) is 0. The van der Waals surface area contributed by atoms with E-state index in [-0.39, 0.29) is 22.6 Å². The quantitative estimate of drug-likeness (QED) is 0.766. The average molecular weight is 411 g/mol. The number of likely N-dealkylation sites (N-methyl/N-ethyl adjacent to an activating group) is 1. The van der Waals surface area contributed by atoms with E-state index >= 15 is 0 Å². The van der Waals surface area contributed by atoms with Crippen molar-refractivity contribution in [2.24, 2.45) is 0 Å². The number of likely N-dealkylation sites (tertiary alicyclic amines) is 1. The number of sulfonamides is 1. The topological polar surface area (TPSA) is 76.2 Å². The van der Waals surface area contributed by atoms with Gasteiger partial charge in [0.25, 0.3) is 0 Å². The molecule has 2 fully saturated rings. The Kier molecular flexibility index (Phi) is 5.76. The molecule has 1 atom stereocenters. The van der Waals surface area contributed by atoms with Crippen molar-refractivity contribution in [3.63, 3.8) is 0 Å². The van der Waals surface area contributed by atoms with Gasteiger partial charge in [-0.05, 0) is 52.2 Å². The number of rotatable bonds is 3. The minimum atomic E-state index is -3.55. The summed E-state index contributed by atoms with van der Waals surface area (Å²) in [6.07, 6.45) is 1.70. The normalized spacial score (nSPS) is 22.6. The van der Waals surface area contributed by atoms with E-state index in [0.717, 1.165) is 0 Å². The van der Waals surface area contributed by atoms with E-state index in [1.165, 1.54) is 4.31 Å². The van der Waals surface area contributed by atoms with Gasteiger partial charge in [0.2, 0.25) is 10.0 Å². The van der Waals surface area contributed by atoms with Crippen LogP contribution in [0, 0.1) is 0 Å². The molecule has 0 radical (unpaired) electrons. The molecule has 3 rings (SSSR count). The van der Waals surface area contributed by atoms with Gasteiger partial charge in [-0.2, -0.15) is 4.31 Å². The highest BCUT2D eigenvalue weighted by Gasteiger charge is 2.46. The van der Waals surface area contributed by atoms with Crippen LogP contribution in [0.25, 0.3) is 0 Å². The predicted octanol–water partition coefficient (Wildman–Crippen LogP) is 2.87. The summed E-state index contributed by atoms with van der Waals surface area (Å²) in [5, 5.41) is 0. The summed E-state index contributed by atoms with van der Waals surface area (Å²) < 4.78 is 38.7. The molecule has 1 aromatic rings. The van der Waals surface area contributed by atoms with Crippen LogP contribution in [0.15, 0.2) is 35.2 Å². The Labute approximate surface area is 167 Å². The maximum atomic E-state index is 12.9. The smallest absolute Gasteiger partial charge is 0.410 e. The van der Waals surface area contributed by atoms with Crippen molar-refractivity contribution < 1.29 is 22.7 Å². The van der Waals surface area contributed by atoms with Crippen LogP contribution in [0.1, 0.15) is 40.0 Å². The maximum Gasteiger partial charge on any atom is 0.410 e. The second-order valence-electron chi connectivity index (χ2n) is 8.65. The minimum Gasteiger partial charge on any atom is -0.444 e. The number of benzene rings is 1. The molecule has 7 nitrogen and oxygen atoms in total. The standard InChI is InChI=1S/C20H30N2O5S/c1-19(2,3)27-18(23)22-12-10-20(11-13-22)14-16(15-26-20)21(4)28(24,25)17-8-6-5-7-9-17/h5-9,16H,10-15H2,1-4H3/t16-/m1/s1. The summed E-state index contributed by atoms with van der Waals surface area (Å²) in [6.45, 7) is 7.03. The minimum absolute atomic E-state index is 0.210. The van der Waals surface area contributed by atoms with Gasteiger partial charge < -0.3 is 14.4 Å². The van der Waals surface area contributed by atoms with Crippen LogP contribution in [0.3, 0.4) is 0 Å². The highest BCUT2D eigenvalue weighted by atomic mass is 32.2. The second kappa shape index (κ2) is 7.65. The summed E-state index contributed by atoms with van der Waals surface area (Å²) >= 11 is 0. The van der Waals surface area contributed by atoms with E-state index in [0.29, 0.717) is 39.0 Å². The van der Waals surface area contributed by atoms with E-state index in [1.54, 1.807) is 42.3 Å². The molecule has 2 heterocycles. The lowest BCUT2D eigenvalue weighted by molar-refractivity contribution is -0.0487. The molecule has 2 aliphatic rings. The van der Waals surface area contributed by atoms with E-state index in [4.69, 9.17) is 9.47 Å². The zero-order chi connectivity index (χ0) is 20.6. The Morgan fingerprint density at radius 1 is 1.21 bits per heavy atom. The third-order valence-corrected chi connectivity index (χ3v) is 7.37. The highest BCUT2D eigenvalue weighted by Crippen LogP contribution is 2.38. The number of amides is 1. The fourth-order valence-corrected chi connectivity index (χ4v) is 5.14. The molecule has 2 saturated heterocycles. The zero-order valence-electron chi connectivity index (χ0n) is 17.1. The van der Waals surface area contributed by atoms with Crippen molar-refractivity contribution in [2.75, 3.05) is 26.7 Å². The Balaban J connectivity index is 1.61. The Morgan fingerprint density at radius 2 is 1.82 bits per heavy atom. The van der Waals surface area contributed by atoms with Crippen LogP contribution in [-0.4, -0.2) is 67.7 Å². The number of nitrogens with zero attached hydrogens (tertiary/aromatic N) is 2. The van der Waals surface area contributed by atoms with Crippen LogP contribution in [0.2, 0.25) is 0 Å². The van der Waals surface area contributed by atoms with Gasteiger partial charge in [0.1, 0.15) is 5.60 Å². The van der Waals surface area contributed by atoms with Crippen molar-refractivity contribution in [2.45, 2.75) is 62.2 Å². The van der Waals surface area contributed by atoms with Crippen molar-refractivity contribution >= 4 is 16.1 Å². The first-order chi connectivity index (χ1) is 13.0. The van der Waals surface area contributed by atoms with Crippen LogP contribution in [0.4, 0.5) is 4.79 Å². The largest absolute Gasteiger partial charge is 0.444 e. The Bertz CT molecular complexity index is 796. The molecule has 156 valence electrons. The molecule has 0 unspecified atom stereocenters. The van der Waals surface area contributed by atoms with Crippen LogP contribution in [-0.2, 0) is 19.5 Å². The summed E-state index contributed by atoms with van der Waals surface area (Å²) in [5.74, 6) is 0. The van der Waals surface area contributed by atoms with E-state index in [9.17, 15) is 13.2 Å². The molecular formula is C20H30N2O5S. The fraction of sp³-hybridized carbons (Fsp3) is 0.650. The van der Waals surface area contributed by atoms with Crippen molar-refractivity contribution in [1.82, 2.24) is 9.21 Å². The van der Waals surface area contributed by atoms with E-state index in [2.05, 4.69) is 0 Å². The van der Waals surface area contributed by atoms with Gasteiger partial charge in [0.05, 0.1) is 23.1 Å². The lowest BCUT2D eigenvalue weighted by Gasteiger charge is -2.39. The van der Waals surface area contributed by atoms with Crippen LogP contribution >= 0.6 is 0 Å². The number of carbonyl (C=O) groups is 1. The summed E-state index contributed by atoms with van der Waals surface area (Å²) in [6, 6.07) is 8.25. The van der Waals surface area contributed by atoms with Gasteiger partial charge in [0.15, 0.2) is 0 Å². The number of hydrogen-bond acceptors (Lipinski definition) is 5. The first kappa shape index (κ1) is 21.1. The van der Waals surface area contributed by atoms with Gasteiger partial charge in [-0.3, -0.25) is 0 Å². The highest BCUT2D eigenvalue weighted by molar-refractivity contribution is 7.89. The number of piperidine rings is 1. The maximum absolute atomic E-state index is 12.9. The molecule has 2 aliphatic heterocycles. The van der Waals surface area contributed by atoms with Crippen LogP contribution < -0.4 is 0 Å². The van der Waals surface area contributed by atoms with Gasteiger partial charge in [0, 0.05) is 20.1 Å². The number of ether oxygens (including phenoxy) is 2. The third-order valence-electron chi connectivity index (χ3n) is 5.45. The molecule has 0 N–H and O–H groups in total. The molecule has 1 amide bonds. The monoisotopic (exact) mass is 410 g/mol. The summed E-state index contributed by atoms with van der Waals surface area (Å²) in [7, 11) is -1.94. The van der Waals surface area contributed by atoms with Crippen molar-refractivity contribution in [1.29, 1.82) is 0 Å². The van der Waals surface area contributed by atoms with Crippen molar-refractivity contribution in [3.8, 4) is 0 Å². The van der Waals surface area contributed by atoms with Gasteiger partial charge in [-0.25, -0.2) is 13.2 Å². The van der Waals surface area contributed by atoms with Gasteiger partial charge in [-0.1, -0.05) is 18.2 Å². The zero-order valence-corrected chi connectivity index (χ0v) is 17.9. The van der Waals surface area contributed by atoms with Gasteiger partial charge in [-0.15, -0.1) is 0 Å². The first-order valence-electron chi connectivity index (χ1n) is 9.67. The first-order valence-corrected chi connectivity index (χ1v) is 11.1. The second-order valence-corrected chi connectivity index (χ2v) is 10.7. The Morgan fingerprint density at radius 3 is 2.39 bits per heavy atom. The predicted molar refractivity (Wildman–Crippen MR) is 106 cm³/mol. The van der Waals surface area contributed by atoms with Crippen LogP contribution in [0.5, 0.6) is 0 Å². The number of carbonyl (C=O) groups excluding carboxylic acids is 1. The van der Waals surface area contributed by atoms with E-state index in [1.807, 2.05) is 20.8 Å². The SMILES string of the molecule is CN([C@H]1COC2(CCN(C(=O)OC(C)(C)C)CC2)C1)S(=O)(=O)c1ccccc1. The van der Waals surface area contributed by atoms with Gasteiger partial charge >= 0.3 is 6.09 Å².